The number of rotatable bonds is 2. The summed E-state index contributed by atoms with van der Waals surface area (Å²) in [6, 6.07) is 0. The fraction of sp³-hybridized carbons (Fsp3) is 0.889. The van der Waals surface area contributed by atoms with Crippen LogP contribution in [0.1, 0.15) is 13.3 Å². The minimum Gasteiger partial charge on any atom is -0.469 e. The van der Waals surface area contributed by atoms with Crippen LogP contribution < -0.4 is 5.32 Å². The van der Waals surface area contributed by atoms with Crippen molar-refractivity contribution < 1.29 is 18.3 Å². The predicted molar refractivity (Wildman–Crippen MR) is 47.1 cm³/mol. The Morgan fingerprint density at radius 1 is 1.50 bits per heavy atom. The van der Waals surface area contributed by atoms with E-state index in [1.54, 1.807) is 0 Å². The molecule has 0 aromatic heterocycles. The number of alkyl halides is 2. The van der Waals surface area contributed by atoms with E-state index in [0.717, 1.165) is 6.92 Å². The molecule has 0 radical (unpaired) electrons. The van der Waals surface area contributed by atoms with Gasteiger partial charge in [0.15, 0.2) is 0 Å². The third-order valence-electron chi connectivity index (χ3n) is 2.60. The summed E-state index contributed by atoms with van der Waals surface area (Å²) in [5.41, 5.74) is 0. The summed E-state index contributed by atoms with van der Waals surface area (Å²) < 4.78 is 30.4. The van der Waals surface area contributed by atoms with E-state index in [0.29, 0.717) is 6.54 Å². The summed E-state index contributed by atoms with van der Waals surface area (Å²) in [4.78, 5) is 11.1. The van der Waals surface area contributed by atoms with E-state index in [2.05, 4.69) is 10.1 Å². The second kappa shape index (κ2) is 4.21. The zero-order valence-electron chi connectivity index (χ0n) is 8.35. The van der Waals surface area contributed by atoms with Gasteiger partial charge < -0.3 is 10.1 Å². The predicted octanol–water partition coefficient (Wildman–Crippen LogP) is 1.04. The van der Waals surface area contributed by atoms with Crippen LogP contribution in [-0.2, 0) is 9.53 Å². The maximum atomic E-state index is 13.0. The molecular weight excluding hydrogens is 192 g/mol. The molecule has 1 saturated heterocycles. The van der Waals surface area contributed by atoms with Crippen molar-refractivity contribution in [1.82, 2.24) is 5.32 Å². The van der Waals surface area contributed by atoms with Crippen molar-refractivity contribution >= 4 is 5.97 Å². The van der Waals surface area contributed by atoms with Crippen LogP contribution in [0.4, 0.5) is 8.78 Å². The van der Waals surface area contributed by atoms with Crippen LogP contribution in [0.2, 0.25) is 0 Å². The number of piperidine rings is 1. The maximum Gasteiger partial charge on any atom is 0.309 e. The minimum absolute atomic E-state index is 0.198. The number of methoxy groups -OCH3 is 1. The Balaban J connectivity index is 2.56. The normalized spacial score (nSPS) is 28.6. The van der Waals surface area contributed by atoms with Gasteiger partial charge in [-0.25, -0.2) is 8.78 Å². The number of hydrogen-bond acceptors (Lipinski definition) is 3. The summed E-state index contributed by atoms with van der Waals surface area (Å²) in [6.07, 6.45) is 0.198. The first-order valence-corrected chi connectivity index (χ1v) is 4.61. The van der Waals surface area contributed by atoms with E-state index in [4.69, 9.17) is 0 Å². The van der Waals surface area contributed by atoms with Gasteiger partial charge in [-0.05, 0) is 13.3 Å². The molecule has 1 N–H and O–H groups in total. The molecule has 0 spiro atoms. The van der Waals surface area contributed by atoms with Crippen LogP contribution in [0, 0.1) is 11.8 Å². The molecule has 0 aromatic rings. The Bertz CT molecular complexity index is 215. The Morgan fingerprint density at radius 2 is 2.14 bits per heavy atom. The van der Waals surface area contributed by atoms with Crippen LogP contribution in [-0.4, -0.2) is 32.1 Å². The number of carbonyl (C=O) groups excluding carboxylic acids is 1. The molecule has 1 rings (SSSR count). The van der Waals surface area contributed by atoms with E-state index >= 15 is 0 Å². The van der Waals surface area contributed by atoms with Gasteiger partial charge in [-0.2, -0.15) is 0 Å². The van der Waals surface area contributed by atoms with Crippen molar-refractivity contribution in [1.29, 1.82) is 0 Å². The van der Waals surface area contributed by atoms with E-state index in [1.165, 1.54) is 7.11 Å². The monoisotopic (exact) mass is 207 g/mol. The summed E-state index contributed by atoms with van der Waals surface area (Å²) in [7, 11) is 1.27. The second-order valence-electron chi connectivity index (χ2n) is 3.77. The Kier molecular flexibility index (Phi) is 3.42. The topological polar surface area (TPSA) is 38.3 Å². The van der Waals surface area contributed by atoms with Crippen molar-refractivity contribution in [2.75, 3.05) is 20.2 Å². The number of hydrogen-bond donors (Lipinski definition) is 1. The Labute approximate surface area is 81.8 Å². The molecule has 0 bridgehead atoms. The quantitative estimate of drug-likeness (QED) is 0.687. The molecule has 2 atom stereocenters. The van der Waals surface area contributed by atoms with Gasteiger partial charge in [-0.3, -0.25) is 4.79 Å². The third-order valence-corrected chi connectivity index (χ3v) is 2.60. The van der Waals surface area contributed by atoms with Gasteiger partial charge in [-0.15, -0.1) is 0 Å². The fourth-order valence-electron chi connectivity index (χ4n) is 1.67. The van der Waals surface area contributed by atoms with Gasteiger partial charge >= 0.3 is 5.97 Å². The first-order chi connectivity index (χ1) is 6.45. The third kappa shape index (κ3) is 2.64. The average molecular weight is 207 g/mol. The lowest BCUT2D eigenvalue weighted by atomic mass is 9.87. The highest BCUT2D eigenvalue weighted by Crippen LogP contribution is 2.31. The highest BCUT2D eigenvalue weighted by molar-refractivity contribution is 5.72. The van der Waals surface area contributed by atoms with Crippen molar-refractivity contribution in [2.24, 2.45) is 11.8 Å². The molecule has 0 aliphatic carbocycles. The molecule has 0 amide bonds. The average Bonchev–Trinajstić information content (AvgIpc) is 2.15. The van der Waals surface area contributed by atoms with Crippen LogP contribution in [0.25, 0.3) is 0 Å². The first kappa shape index (κ1) is 11.4. The second-order valence-corrected chi connectivity index (χ2v) is 3.77. The largest absolute Gasteiger partial charge is 0.469 e. The van der Waals surface area contributed by atoms with Crippen LogP contribution in [0.3, 0.4) is 0 Å². The first-order valence-electron chi connectivity index (χ1n) is 4.61. The highest BCUT2D eigenvalue weighted by Gasteiger charge is 2.39. The SMILES string of the molecule is COC(=O)C1CNCC(C(C)(F)F)C1. The lowest BCUT2D eigenvalue weighted by Gasteiger charge is -2.31. The van der Waals surface area contributed by atoms with Gasteiger partial charge in [0, 0.05) is 19.0 Å². The van der Waals surface area contributed by atoms with E-state index < -0.39 is 23.7 Å². The zero-order chi connectivity index (χ0) is 10.8. The number of carbonyl (C=O) groups is 1. The van der Waals surface area contributed by atoms with E-state index in [-0.39, 0.29) is 13.0 Å². The lowest BCUT2D eigenvalue weighted by molar-refractivity contribution is -0.148. The molecule has 0 saturated carbocycles. The molecule has 5 heteroatoms. The molecule has 1 fully saturated rings. The molecule has 1 aliphatic heterocycles. The summed E-state index contributed by atoms with van der Waals surface area (Å²) in [5.74, 6) is -4.36. The Hall–Kier alpha value is -0.710. The van der Waals surface area contributed by atoms with Gasteiger partial charge in [0.25, 0.3) is 0 Å². The highest BCUT2D eigenvalue weighted by atomic mass is 19.3. The van der Waals surface area contributed by atoms with Gasteiger partial charge in [-0.1, -0.05) is 0 Å². The van der Waals surface area contributed by atoms with Crippen molar-refractivity contribution in [3.8, 4) is 0 Å². The summed E-state index contributed by atoms with van der Waals surface area (Å²) in [6.45, 7) is 1.58. The van der Waals surface area contributed by atoms with Crippen molar-refractivity contribution in [2.45, 2.75) is 19.3 Å². The summed E-state index contributed by atoms with van der Waals surface area (Å²) in [5, 5.41) is 2.83. The van der Waals surface area contributed by atoms with E-state index in [9.17, 15) is 13.6 Å². The van der Waals surface area contributed by atoms with Crippen LogP contribution in [0.15, 0.2) is 0 Å². The lowest BCUT2D eigenvalue weighted by Crippen LogP contribution is -2.45. The number of esters is 1. The minimum atomic E-state index is -2.74. The number of nitrogens with one attached hydrogen (secondary N) is 1. The van der Waals surface area contributed by atoms with Crippen molar-refractivity contribution in [3.05, 3.63) is 0 Å². The van der Waals surface area contributed by atoms with Crippen LogP contribution in [0.5, 0.6) is 0 Å². The molecular formula is C9H15F2NO2. The van der Waals surface area contributed by atoms with Gasteiger partial charge in [0.05, 0.1) is 13.0 Å². The zero-order valence-corrected chi connectivity index (χ0v) is 8.35. The molecule has 82 valence electrons. The van der Waals surface area contributed by atoms with Gasteiger partial charge in [0.2, 0.25) is 5.92 Å². The van der Waals surface area contributed by atoms with Gasteiger partial charge in [0.1, 0.15) is 0 Å². The number of ether oxygens (including phenoxy) is 1. The number of halogens is 2. The molecule has 0 aromatic carbocycles. The smallest absolute Gasteiger partial charge is 0.309 e. The van der Waals surface area contributed by atoms with Crippen LogP contribution >= 0.6 is 0 Å². The molecule has 14 heavy (non-hydrogen) atoms. The fourth-order valence-corrected chi connectivity index (χ4v) is 1.67. The molecule has 3 nitrogen and oxygen atoms in total. The molecule has 1 aliphatic rings. The standard InChI is InChI=1S/C9H15F2NO2/c1-9(10,11)7-3-6(4-12-5-7)8(13)14-2/h6-7,12H,3-5H2,1-2H3. The molecule has 1 heterocycles. The molecule has 2 unspecified atom stereocenters. The van der Waals surface area contributed by atoms with Crippen molar-refractivity contribution in [3.63, 3.8) is 0 Å². The Morgan fingerprint density at radius 3 is 2.64 bits per heavy atom. The summed E-state index contributed by atoms with van der Waals surface area (Å²) >= 11 is 0. The maximum absolute atomic E-state index is 13.0. The van der Waals surface area contributed by atoms with E-state index in [1.807, 2.05) is 0 Å².